The van der Waals surface area contributed by atoms with Gasteiger partial charge in [-0.25, -0.2) is 0 Å². The number of rotatable bonds is 1. The van der Waals surface area contributed by atoms with Crippen molar-refractivity contribution in [1.29, 1.82) is 0 Å². The molecule has 0 bridgehead atoms. The van der Waals surface area contributed by atoms with Gasteiger partial charge in [-0.3, -0.25) is 5.32 Å². The van der Waals surface area contributed by atoms with Crippen LogP contribution in [0.5, 0.6) is 0 Å². The summed E-state index contributed by atoms with van der Waals surface area (Å²) >= 11 is 0. The molecule has 126 valence electrons. The van der Waals surface area contributed by atoms with Crippen molar-refractivity contribution in [1.82, 2.24) is 9.88 Å². The minimum Gasteiger partial charge on any atom is -0.459 e. The number of nitrogens with zero attached hydrogens (tertiary/aromatic N) is 1. The van der Waals surface area contributed by atoms with E-state index in [0.29, 0.717) is 0 Å². The summed E-state index contributed by atoms with van der Waals surface area (Å²) in [6, 6.07) is 21.1. The SMILES string of the molecule is Cc1cccc2c1CNC(c1cc3ccccc3o1)c1cccn1-2.Cl. The molecule has 1 N–H and O–H groups in total. The number of nitrogens with one attached hydrogen (secondary N) is 1. The van der Waals surface area contributed by atoms with Crippen molar-refractivity contribution in [2.75, 3.05) is 0 Å². The Morgan fingerprint density at radius 2 is 1.92 bits per heavy atom. The molecule has 1 aliphatic rings. The van der Waals surface area contributed by atoms with Gasteiger partial charge in [0, 0.05) is 23.8 Å². The molecule has 0 radical (unpaired) electrons. The number of halogens is 1. The van der Waals surface area contributed by atoms with Gasteiger partial charge in [0.15, 0.2) is 0 Å². The molecule has 5 rings (SSSR count). The maximum absolute atomic E-state index is 6.14. The van der Waals surface area contributed by atoms with Crippen molar-refractivity contribution in [2.45, 2.75) is 19.5 Å². The maximum Gasteiger partial charge on any atom is 0.134 e. The second kappa shape index (κ2) is 6.10. The molecule has 1 atom stereocenters. The van der Waals surface area contributed by atoms with Gasteiger partial charge in [0.1, 0.15) is 17.4 Å². The van der Waals surface area contributed by atoms with E-state index in [1.165, 1.54) is 22.5 Å². The van der Waals surface area contributed by atoms with E-state index in [0.717, 1.165) is 23.3 Å². The van der Waals surface area contributed by atoms with E-state index in [2.05, 4.69) is 65.5 Å². The molecule has 25 heavy (non-hydrogen) atoms. The number of furan rings is 1. The summed E-state index contributed by atoms with van der Waals surface area (Å²) in [6.07, 6.45) is 2.14. The van der Waals surface area contributed by atoms with Crippen LogP contribution in [0, 0.1) is 6.92 Å². The third-order valence-electron chi connectivity index (χ3n) is 4.93. The van der Waals surface area contributed by atoms with Gasteiger partial charge < -0.3 is 8.98 Å². The fraction of sp³-hybridized carbons (Fsp3) is 0.143. The number of aromatic nitrogens is 1. The predicted molar refractivity (Wildman–Crippen MR) is 103 cm³/mol. The van der Waals surface area contributed by atoms with Gasteiger partial charge >= 0.3 is 0 Å². The van der Waals surface area contributed by atoms with Crippen LogP contribution in [-0.4, -0.2) is 4.57 Å². The smallest absolute Gasteiger partial charge is 0.134 e. The molecule has 0 spiro atoms. The number of aryl methyl sites for hydroxylation is 1. The van der Waals surface area contributed by atoms with Crippen LogP contribution in [0.15, 0.2) is 71.3 Å². The van der Waals surface area contributed by atoms with Crippen molar-refractivity contribution in [2.24, 2.45) is 0 Å². The average molecular weight is 351 g/mol. The van der Waals surface area contributed by atoms with Crippen molar-refractivity contribution >= 4 is 23.4 Å². The average Bonchev–Trinajstić information content (AvgIpc) is 3.20. The highest BCUT2D eigenvalue weighted by molar-refractivity contribution is 5.85. The first kappa shape index (κ1) is 16.0. The zero-order valence-corrected chi connectivity index (χ0v) is 14.7. The first-order valence-electron chi connectivity index (χ1n) is 8.29. The zero-order valence-electron chi connectivity index (χ0n) is 13.9. The lowest BCUT2D eigenvalue weighted by Crippen LogP contribution is -2.20. The standard InChI is InChI=1S/C21H18N2O.ClH/c1-14-6-4-8-17-16(14)13-22-21(18-9-5-11-23(17)18)20-12-15-7-2-3-10-19(15)24-20;/h2-12,21-22H,13H2,1H3;1H. The van der Waals surface area contributed by atoms with Crippen molar-refractivity contribution in [3.8, 4) is 5.69 Å². The molecule has 2 aromatic heterocycles. The zero-order chi connectivity index (χ0) is 16.1. The Morgan fingerprint density at radius 3 is 2.80 bits per heavy atom. The van der Waals surface area contributed by atoms with Crippen LogP contribution < -0.4 is 5.32 Å². The third-order valence-corrected chi connectivity index (χ3v) is 4.93. The molecule has 3 nitrogen and oxygen atoms in total. The summed E-state index contributed by atoms with van der Waals surface area (Å²) in [5, 5.41) is 4.83. The fourth-order valence-corrected chi connectivity index (χ4v) is 3.69. The molecule has 2 aromatic carbocycles. The lowest BCUT2D eigenvalue weighted by molar-refractivity contribution is 0.465. The van der Waals surface area contributed by atoms with E-state index in [1.807, 2.05) is 18.2 Å². The molecule has 4 aromatic rings. The molecule has 0 fully saturated rings. The van der Waals surface area contributed by atoms with E-state index in [1.54, 1.807) is 0 Å². The first-order chi connectivity index (χ1) is 11.8. The monoisotopic (exact) mass is 350 g/mol. The third kappa shape index (κ3) is 2.48. The van der Waals surface area contributed by atoms with Crippen molar-refractivity contribution < 1.29 is 4.42 Å². The van der Waals surface area contributed by atoms with Crippen LogP contribution in [0.2, 0.25) is 0 Å². The van der Waals surface area contributed by atoms with Gasteiger partial charge in [0.2, 0.25) is 0 Å². The molecule has 0 amide bonds. The quantitative estimate of drug-likeness (QED) is 0.514. The van der Waals surface area contributed by atoms with Crippen LogP contribution in [0.25, 0.3) is 16.7 Å². The van der Waals surface area contributed by atoms with Crippen LogP contribution in [0.4, 0.5) is 0 Å². The normalized spacial score (nSPS) is 16.0. The predicted octanol–water partition coefficient (Wildman–Crippen LogP) is 5.15. The lowest BCUT2D eigenvalue weighted by atomic mass is 10.1. The molecule has 0 aliphatic carbocycles. The van der Waals surface area contributed by atoms with Gasteiger partial charge in [-0.1, -0.05) is 30.3 Å². The van der Waals surface area contributed by atoms with E-state index < -0.39 is 0 Å². The summed E-state index contributed by atoms with van der Waals surface area (Å²) in [6.45, 7) is 3.00. The van der Waals surface area contributed by atoms with E-state index >= 15 is 0 Å². The minimum absolute atomic E-state index is 0. The van der Waals surface area contributed by atoms with Gasteiger partial charge in [-0.2, -0.15) is 0 Å². The van der Waals surface area contributed by atoms with Crippen LogP contribution in [-0.2, 0) is 6.54 Å². The first-order valence-corrected chi connectivity index (χ1v) is 8.29. The molecular formula is C21H19ClN2O. The number of fused-ring (bicyclic) bond motifs is 4. The summed E-state index contributed by atoms with van der Waals surface area (Å²) < 4.78 is 8.42. The van der Waals surface area contributed by atoms with Gasteiger partial charge in [0.25, 0.3) is 0 Å². The van der Waals surface area contributed by atoms with E-state index in [-0.39, 0.29) is 18.4 Å². The Bertz CT molecular complexity index is 1010. The Kier molecular flexibility index (Phi) is 3.91. The largest absolute Gasteiger partial charge is 0.459 e. The van der Waals surface area contributed by atoms with Gasteiger partial charge in [-0.05, 0) is 48.4 Å². The summed E-state index contributed by atoms with van der Waals surface area (Å²) in [5.74, 6) is 0.960. The van der Waals surface area contributed by atoms with E-state index in [4.69, 9.17) is 4.42 Å². The highest BCUT2D eigenvalue weighted by atomic mass is 35.5. The second-order valence-corrected chi connectivity index (χ2v) is 6.38. The highest BCUT2D eigenvalue weighted by Gasteiger charge is 2.26. The fourth-order valence-electron chi connectivity index (χ4n) is 3.69. The molecule has 0 saturated heterocycles. The summed E-state index contributed by atoms with van der Waals surface area (Å²) in [5.41, 5.74) is 6.04. The minimum atomic E-state index is 0. The van der Waals surface area contributed by atoms with Gasteiger partial charge in [-0.15, -0.1) is 12.4 Å². The van der Waals surface area contributed by atoms with Crippen molar-refractivity contribution in [3.63, 3.8) is 0 Å². The molecule has 3 heterocycles. The van der Waals surface area contributed by atoms with Crippen LogP contribution in [0.1, 0.15) is 28.6 Å². The second-order valence-electron chi connectivity index (χ2n) is 6.38. The molecule has 1 aliphatic heterocycles. The topological polar surface area (TPSA) is 30.1 Å². The Labute approximate surface area is 152 Å². The van der Waals surface area contributed by atoms with Crippen LogP contribution in [0.3, 0.4) is 0 Å². The number of hydrogen-bond acceptors (Lipinski definition) is 2. The summed E-state index contributed by atoms with van der Waals surface area (Å²) in [7, 11) is 0. The van der Waals surface area contributed by atoms with E-state index in [9.17, 15) is 0 Å². The molecular weight excluding hydrogens is 332 g/mol. The number of benzene rings is 2. The number of hydrogen-bond donors (Lipinski definition) is 1. The maximum atomic E-state index is 6.14. The lowest BCUT2D eigenvalue weighted by Gasteiger charge is -2.14. The van der Waals surface area contributed by atoms with Gasteiger partial charge in [0.05, 0.1) is 5.69 Å². The Hall–Kier alpha value is -2.49. The molecule has 1 unspecified atom stereocenters. The highest BCUT2D eigenvalue weighted by Crippen LogP contribution is 2.33. The van der Waals surface area contributed by atoms with Crippen LogP contribution >= 0.6 is 12.4 Å². The Balaban J connectivity index is 0.00000157. The molecule has 4 heteroatoms. The molecule has 0 saturated carbocycles. The number of para-hydroxylation sites is 1. The summed E-state index contributed by atoms with van der Waals surface area (Å²) in [4.78, 5) is 0. The van der Waals surface area contributed by atoms with Crippen molar-refractivity contribution in [3.05, 3.63) is 89.4 Å². The Morgan fingerprint density at radius 1 is 1.04 bits per heavy atom.